The smallest absolute Gasteiger partial charge is 0.234 e. The highest BCUT2D eigenvalue weighted by Crippen LogP contribution is 2.09. The van der Waals surface area contributed by atoms with Crippen molar-refractivity contribution in [2.24, 2.45) is 0 Å². The molecule has 1 aromatic rings. The first-order valence-corrected chi connectivity index (χ1v) is 7.22. The van der Waals surface area contributed by atoms with E-state index < -0.39 is 0 Å². The fourth-order valence-corrected chi connectivity index (χ4v) is 2.19. The molecule has 2 heterocycles. The molecule has 6 heteroatoms. The summed E-state index contributed by atoms with van der Waals surface area (Å²) < 4.78 is 0. The van der Waals surface area contributed by atoms with Gasteiger partial charge in [0.25, 0.3) is 0 Å². The number of nitrogens with one attached hydrogen (secondary N) is 1. The molecule has 0 saturated carbocycles. The van der Waals surface area contributed by atoms with Crippen LogP contribution in [0.1, 0.15) is 20.3 Å². The topological polar surface area (TPSA) is 61.4 Å². The van der Waals surface area contributed by atoms with Crippen molar-refractivity contribution in [1.82, 2.24) is 20.2 Å². The maximum absolute atomic E-state index is 11.8. The van der Waals surface area contributed by atoms with Crippen LogP contribution in [0.4, 0.5) is 5.95 Å². The normalized spacial score (nSPS) is 17.8. The number of nitrogens with zero attached hydrogens (tertiary/aromatic N) is 4. The maximum Gasteiger partial charge on any atom is 0.234 e. The Balaban J connectivity index is 1.76. The molecule has 1 aliphatic heterocycles. The van der Waals surface area contributed by atoms with Crippen molar-refractivity contribution in [3.05, 3.63) is 18.5 Å². The van der Waals surface area contributed by atoms with E-state index in [0.29, 0.717) is 6.54 Å². The maximum atomic E-state index is 11.8. The van der Waals surface area contributed by atoms with Gasteiger partial charge in [0.15, 0.2) is 0 Å². The van der Waals surface area contributed by atoms with Crippen LogP contribution >= 0.6 is 0 Å². The number of hydrogen-bond donors (Lipinski definition) is 1. The molecule has 110 valence electrons. The molecule has 0 bridgehead atoms. The zero-order chi connectivity index (χ0) is 14.4. The van der Waals surface area contributed by atoms with Gasteiger partial charge in [-0.05, 0) is 19.4 Å². The summed E-state index contributed by atoms with van der Waals surface area (Å²) in [6, 6.07) is 2.07. The molecule has 1 N–H and O–H groups in total. The minimum Gasteiger partial charge on any atom is -0.353 e. The number of anilines is 1. The van der Waals surface area contributed by atoms with E-state index in [4.69, 9.17) is 0 Å². The average molecular weight is 277 g/mol. The van der Waals surface area contributed by atoms with E-state index in [1.54, 1.807) is 12.4 Å². The minimum atomic E-state index is 0.115. The lowest BCUT2D eigenvalue weighted by molar-refractivity contribution is -0.122. The van der Waals surface area contributed by atoms with Gasteiger partial charge >= 0.3 is 0 Å². The molecule has 1 unspecified atom stereocenters. The highest BCUT2D eigenvalue weighted by molar-refractivity contribution is 5.78. The molecular formula is C14H23N5O. The molecule has 1 saturated heterocycles. The van der Waals surface area contributed by atoms with Crippen LogP contribution in [0.25, 0.3) is 0 Å². The Kier molecular flexibility index (Phi) is 5.29. The molecule has 1 amide bonds. The SMILES string of the molecule is CCC(C)NC(=O)CN1CCN(c2ncccn2)CC1. The second kappa shape index (κ2) is 7.19. The molecule has 20 heavy (non-hydrogen) atoms. The summed E-state index contributed by atoms with van der Waals surface area (Å²) in [5.41, 5.74) is 0. The third kappa shape index (κ3) is 4.16. The molecule has 6 nitrogen and oxygen atoms in total. The average Bonchev–Trinajstić information content (AvgIpc) is 2.48. The first kappa shape index (κ1) is 14.7. The summed E-state index contributed by atoms with van der Waals surface area (Å²) in [6.45, 7) is 8.04. The molecule has 0 spiro atoms. The summed E-state index contributed by atoms with van der Waals surface area (Å²) in [7, 11) is 0. The Labute approximate surface area is 120 Å². The summed E-state index contributed by atoms with van der Waals surface area (Å²) in [5.74, 6) is 0.889. The number of amides is 1. The molecular weight excluding hydrogens is 254 g/mol. The highest BCUT2D eigenvalue weighted by Gasteiger charge is 2.20. The van der Waals surface area contributed by atoms with Gasteiger partial charge < -0.3 is 10.2 Å². The van der Waals surface area contributed by atoms with Gasteiger partial charge in [0.1, 0.15) is 0 Å². The first-order valence-electron chi connectivity index (χ1n) is 7.22. The molecule has 1 fully saturated rings. The molecule has 1 aliphatic rings. The Morgan fingerprint density at radius 2 is 1.95 bits per heavy atom. The lowest BCUT2D eigenvalue weighted by atomic mass is 10.2. The predicted molar refractivity (Wildman–Crippen MR) is 78.6 cm³/mol. The van der Waals surface area contributed by atoms with Crippen LogP contribution in [-0.2, 0) is 4.79 Å². The highest BCUT2D eigenvalue weighted by atomic mass is 16.2. The number of rotatable bonds is 5. The van der Waals surface area contributed by atoms with Gasteiger partial charge in [-0.25, -0.2) is 9.97 Å². The van der Waals surface area contributed by atoms with E-state index in [-0.39, 0.29) is 11.9 Å². The summed E-state index contributed by atoms with van der Waals surface area (Å²) in [5, 5.41) is 3.00. The number of hydrogen-bond acceptors (Lipinski definition) is 5. The number of aromatic nitrogens is 2. The van der Waals surface area contributed by atoms with E-state index in [1.165, 1.54) is 0 Å². The summed E-state index contributed by atoms with van der Waals surface area (Å²) in [4.78, 5) is 24.7. The van der Waals surface area contributed by atoms with E-state index in [2.05, 4.69) is 32.0 Å². The van der Waals surface area contributed by atoms with Gasteiger partial charge in [-0.15, -0.1) is 0 Å². The van der Waals surface area contributed by atoms with Gasteiger partial charge in [-0.1, -0.05) is 6.92 Å². The van der Waals surface area contributed by atoms with Crippen molar-refractivity contribution in [1.29, 1.82) is 0 Å². The molecule has 0 aliphatic carbocycles. The van der Waals surface area contributed by atoms with E-state index in [0.717, 1.165) is 38.5 Å². The number of carbonyl (C=O) groups is 1. The van der Waals surface area contributed by atoms with Crippen LogP contribution in [0.5, 0.6) is 0 Å². The standard InChI is InChI=1S/C14H23N5O/c1-3-12(2)17-13(20)11-18-7-9-19(10-8-18)14-15-5-4-6-16-14/h4-6,12H,3,7-11H2,1-2H3,(H,17,20). The number of carbonyl (C=O) groups excluding carboxylic acids is 1. The second-order valence-corrected chi connectivity index (χ2v) is 5.19. The van der Waals surface area contributed by atoms with Crippen molar-refractivity contribution in [3.8, 4) is 0 Å². The van der Waals surface area contributed by atoms with Gasteiger partial charge in [-0.3, -0.25) is 9.69 Å². The van der Waals surface area contributed by atoms with Crippen LogP contribution in [0.3, 0.4) is 0 Å². The lowest BCUT2D eigenvalue weighted by Gasteiger charge is -2.34. The lowest BCUT2D eigenvalue weighted by Crippen LogP contribution is -2.50. The van der Waals surface area contributed by atoms with Crippen molar-refractivity contribution in [2.75, 3.05) is 37.6 Å². The van der Waals surface area contributed by atoms with E-state index in [9.17, 15) is 4.79 Å². The Morgan fingerprint density at radius 3 is 2.55 bits per heavy atom. The van der Waals surface area contributed by atoms with E-state index in [1.807, 2.05) is 13.0 Å². The quantitative estimate of drug-likeness (QED) is 0.850. The predicted octanol–water partition coefficient (Wildman–Crippen LogP) is 0.513. The van der Waals surface area contributed by atoms with Crippen LogP contribution in [0.2, 0.25) is 0 Å². The Morgan fingerprint density at radius 1 is 1.30 bits per heavy atom. The third-order valence-electron chi connectivity index (χ3n) is 3.59. The summed E-state index contributed by atoms with van der Waals surface area (Å²) >= 11 is 0. The Bertz CT molecular complexity index is 417. The molecule has 1 aromatic heterocycles. The van der Waals surface area contributed by atoms with Crippen LogP contribution in [0.15, 0.2) is 18.5 Å². The van der Waals surface area contributed by atoms with Gasteiger partial charge in [0.05, 0.1) is 6.54 Å². The number of piperazine rings is 1. The van der Waals surface area contributed by atoms with Crippen LogP contribution in [0, 0.1) is 0 Å². The van der Waals surface area contributed by atoms with E-state index >= 15 is 0 Å². The van der Waals surface area contributed by atoms with Crippen LogP contribution in [-0.4, -0.2) is 59.5 Å². The monoisotopic (exact) mass is 277 g/mol. The van der Waals surface area contributed by atoms with Crippen LogP contribution < -0.4 is 10.2 Å². The summed E-state index contributed by atoms with van der Waals surface area (Å²) in [6.07, 6.45) is 4.48. The largest absolute Gasteiger partial charge is 0.353 e. The Hall–Kier alpha value is -1.69. The molecule has 0 aromatic carbocycles. The van der Waals surface area contributed by atoms with Crippen molar-refractivity contribution >= 4 is 11.9 Å². The van der Waals surface area contributed by atoms with Gasteiger partial charge in [-0.2, -0.15) is 0 Å². The zero-order valence-corrected chi connectivity index (χ0v) is 12.2. The zero-order valence-electron chi connectivity index (χ0n) is 12.2. The third-order valence-corrected chi connectivity index (χ3v) is 3.59. The molecule has 1 atom stereocenters. The van der Waals surface area contributed by atoms with Gasteiger partial charge in [0.2, 0.25) is 11.9 Å². The molecule has 2 rings (SSSR count). The van der Waals surface area contributed by atoms with Crippen molar-refractivity contribution < 1.29 is 4.79 Å². The fourth-order valence-electron chi connectivity index (χ4n) is 2.19. The van der Waals surface area contributed by atoms with Gasteiger partial charge in [0, 0.05) is 44.6 Å². The first-order chi connectivity index (χ1) is 9.69. The second-order valence-electron chi connectivity index (χ2n) is 5.19. The van der Waals surface area contributed by atoms with Crippen molar-refractivity contribution in [2.45, 2.75) is 26.3 Å². The minimum absolute atomic E-state index is 0.115. The molecule has 0 radical (unpaired) electrons. The fraction of sp³-hybridized carbons (Fsp3) is 0.643. The van der Waals surface area contributed by atoms with Crippen molar-refractivity contribution in [3.63, 3.8) is 0 Å².